The van der Waals surface area contributed by atoms with Crippen LogP contribution in [0.4, 0.5) is 5.69 Å². The van der Waals surface area contributed by atoms with Crippen LogP contribution in [0.25, 0.3) is 0 Å². The summed E-state index contributed by atoms with van der Waals surface area (Å²) >= 11 is 0. The zero-order valence-corrected chi connectivity index (χ0v) is 10.2. The van der Waals surface area contributed by atoms with Gasteiger partial charge in [-0.05, 0) is 39.0 Å². The first-order chi connectivity index (χ1) is 7.08. The lowest BCUT2D eigenvalue weighted by atomic mass is 10.1. The first-order valence-electron chi connectivity index (χ1n) is 5.84. The Morgan fingerprint density at radius 1 is 1.33 bits per heavy atom. The maximum absolute atomic E-state index is 4.43. The van der Waals surface area contributed by atoms with E-state index in [1.807, 2.05) is 11.7 Å². The second-order valence-electron chi connectivity index (χ2n) is 4.93. The van der Waals surface area contributed by atoms with E-state index < -0.39 is 0 Å². The lowest BCUT2D eigenvalue weighted by Crippen LogP contribution is -2.16. The van der Waals surface area contributed by atoms with Crippen LogP contribution in [0.3, 0.4) is 0 Å². The fraction of sp³-hybridized carbons (Fsp3) is 0.750. The van der Waals surface area contributed by atoms with Crippen molar-refractivity contribution in [1.82, 2.24) is 9.78 Å². The number of hydrogen-bond donors (Lipinski definition) is 1. The molecular formula is C12H21N3. The van der Waals surface area contributed by atoms with Crippen LogP contribution in [0.5, 0.6) is 0 Å². The molecule has 0 saturated heterocycles. The summed E-state index contributed by atoms with van der Waals surface area (Å²) in [5, 5.41) is 8.07. The van der Waals surface area contributed by atoms with Gasteiger partial charge >= 0.3 is 0 Å². The van der Waals surface area contributed by atoms with Crippen molar-refractivity contribution in [2.45, 2.75) is 46.1 Å². The molecule has 0 radical (unpaired) electrons. The first kappa shape index (κ1) is 10.5. The minimum Gasteiger partial charge on any atom is -0.379 e. The van der Waals surface area contributed by atoms with Crippen molar-refractivity contribution in [2.24, 2.45) is 13.0 Å². The third kappa shape index (κ3) is 2.01. The van der Waals surface area contributed by atoms with Gasteiger partial charge in [0.25, 0.3) is 0 Å². The highest BCUT2D eigenvalue weighted by atomic mass is 15.3. The molecule has 1 aromatic rings. The molecule has 1 saturated carbocycles. The van der Waals surface area contributed by atoms with E-state index in [0.29, 0.717) is 6.04 Å². The van der Waals surface area contributed by atoms with Crippen LogP contribution >= 0.6 is 0 Å². The summed E-state index contributed by atoms with van der Waals surface area (Å²) in [6.45, 7) is 6.54. The van der Waals surface area contributed by atoms with Gasteiger partial charge in [-0.1, -0.05) is 6.92 Å². The Morgan fingerprint density at radius 2 is 2.07 bits per heavy atom. The molecule has 1 heterocycles. The van der Waals surface area contributed by atoms with Gasteiger partial charge in [0.2, 0.25) is 0 Å². The molecule has 15 heavy (non-hydrogen) atoms. The lowest BCUT2D eigenvalue weighted by molar-refractivity contribution is 0.602. The molecule has 1 aliphatic rings. The fourth-order valence-electron chi connectivity index (χ4n) is 2.52. The Balaban J connectivity index is 2.10. The summed E-state index contributed by atoms with van der Waals surface area (Å²) in [4.78, 5) is 0. The summed E-state index contributed by atoms with van der Waals surface area (Å²) < 4.78 is 1.95. The molecule has 1 aromatic heterocycles. The lowest BCUT2D eigenvalue weighted by Gasteiger charge is -2.14. The van der Waals surface area contributed by atoms with E-state index in [0.717, 1.165) is 11.6 Å². The smallest absolute Gasteiger partial charge is 0.0827 e. The van der Waals surface area contributed by atoms with Crippen molar-refractivity contribution in [3.63, 3.8) is 0 Å². The highest BCUT2D eigenvalue weighted by Crippen LogP contribution is 2.29. The van der Waals surface area contributed by atoms with Gasteiger partial charge in [0, 0.05) is 13.1 Å². The molecule has 0 amide bonds. The van der Waals surface area contributed by atoms with Crippen LogP contribution in [0.2, 0.25) is 0 Å². The Morgan fingerprint density at radius 3 is 2.53 bits per heavy atom. The zero-order valence-electron chi connectivity index (χ0n) is 10.2. The molecule has 1 N–H and O–H groups in total. The van der Waals surface area contributed by atoms with Crippen LogP contribution in [-0.2, 0) is 7.05 Å². The van der Waals surface area contributed by atoms with E-state index >= 15 is 0 Å². The molecule has 3 nitrogen and oxygen atoms in total. The van der Waals surface area contributed by atoms with E-state index in [1.54, 1.807) is 0 Å². The monoisotopic (exact) mass is 207 g/mol. The number of nitrogens with zero attached hydrogens (tertiary/aromatic N) is 2. The molecule has 3 heteroatoms. The Hall–Kier alpha value is -0.990. The van der Waals surface area contributed by atoms with Gasteiger partial charge in [0.05, 0.1) is 17.1 Å². The number of anilines is 1. The fourth-order valence-corrected chi connectivity index (χ4v) is 2.52. The highest BCUT2D eigenvalue weighted by Gasteiger charge is 2.22. The van der Waals surface area contributed by atoms with Gasteiger partial charge in [-0.2, -0.15) is 5.10 Å². The summed E-state index contributed by atoms with van der Waals surface area (Å²) in [5.74, 6) is 0.875. The number of rotatable bonds is 2. The average Bonchev–Trinajstić information content (AvgIpc) is 2.67. The Labute approximate surface area is 91.9 Å². The number of hydrogen-bond acceptors (Lipinski definition) is 2. The van der Waals surface area contributed by atoms with Crippen LogP contribution < -0.4 is 5.32 Å². The molecule has 2 unspecified atom stereocenters. The Bertz CT molecular complexity index is 354. The second kappa shape index (κ2) is 3.87. The first-order valence-corrected chi connectivity index (χ1v) is 5.84. The number of aryl methyl sites for hydroxylation is 2. The van der Waals surface area contributed by atoms with Gasteiger partial charge in [-0.15, -0.1) is 0 Å². The van der Waals surface area contributed by atoms with E-state index in [1.165, 1.54) is 30.6 Å². The molecule has 1 fully saturated rings. The van der Waals surface area contributed by atoms with Crippen molar-refractivity contribution in [3.05, 3.63) is 11.4 Å². The number of aromatic nitrogens is 2. The normalized spacial score (nSPS) is 25.9. The molecule has 84 valence electrons. The van der Waals surface area contributed by atoms with Crippen LogP contribution in [0.1, 0.15) is 37.6 Å². The van der Waals surface area contributed by atoms with Crippen molar-refractivity contribution in [2.75, 3.05) is 5.32 Å². The summed E-state index contributed by atoms with van der Waals surface area (Å²) in [6, 6.07) is 0.654. The van der Waals surface area contributed by atoms with Crippen LogP contribution in [-0.4, -0.2) is 15.8 Å². The van der Waals surface area contributed by atoms with Gasteiger partial charge in [0.1, 0.15) is 0 Å². The molecule has 0 aliphatic heterocycles. The standard InChI is InChI=1S/C12H21N3/c1-8-5-6-11(7-8)13-12-9(2)14-15(4)10(12)3/h8,11,13H,5-7H2,1-4H3. The summed E-state index contributed by atoms with van der Waals surface area (Å²) in [5.41, 5.74) is 3.61. The third-order valence-electron chi connectivity index (χ3n) is 3.55. The summed E-state index contributed by atoms with van der Waals surface area (Å²) in [6.07, 6.45) is 3.96. The number of nitrogens with one attached hydrogen (secondary N) is 1. The topological polar surface area (TPSA) is 29.9 Å². The highest BCUT2D eigenvalue weighted by molar-refractivity contribution is 5.52. The van der Waals surface area contributed by atoms with E-state index in [4.69, 9.17) is 0 Å². The van der Waals surface area contributed by atoms with E-state index in [-0.39, 0.29) is 0 Å². The van der Waals surface area contributed by atoms with Crippen molar-refractivity contribution in [3.8, 4) is 0 Å². The van der Waals surface area contributed by atoms with E-state index in [2.05, 4.69) is 31.2 Å². The molecule has 2 rings (SSSR count). The van der Waals surface area contributed by atoms with Crippen molar-refractivity contribution in [1.29, 1.82) is 0 Å². The van der Waals surface area contributed by atoms with Crippen LogP contribution in [0, 0.1) is 19.8 Å². The largest absolute Gasteiger partial charge is 0.379 e. The predicted octanol–water partition coefficient (Wildman–Crippen LogP) is 2.64. The predicted molar refractivity (Wildman–Crippen MR) is 63.1 cm³/mol. The van der Waals surface area contributed by atoms with Crippen molar-refractivity contribution < 1.29 is 0 Å². The molecular weight excluding hydrogens is 186 g/mol. The molecule has 1 aliphatic carbocycles. The molecule has 2 atom stereocenters. The maximum Gasteiger partial charge on any atom is 0.0827 e. The van der Waals surface area contributed by atoms with Gasteiger partial charge in [-0.3, -0.25) is 4.68 Å². The molecule has 0 aromatic carbocycles. The van der Waals surface area contributed by atoms with E-state index in [9.17, 15) is 0 Å². The third-order valence-corrected chi connectivity index (χ3v) is 3.55. The maximum atomic E-state index is 4.43. The quantitative estimate of drug-likeness (QED) is 0.808. The van der Waals surface area contributed by atoms with Gasteiger partial charge < -0.3 is 5.32 Å². The molecule has 0 bridgehead atoms. The summed E-state index contributed by atoms with van der Waals surface area (Å²) in [7, 11) is 2.00. The molecule has 0 spiro atoms. The minimum absolute atomic E-state index is 0.654. The van der Waals surface area contributed by atoms with Gasteiger partial charge in [0.15, 0.2) is 0 Å². The van der Waals surface area contributed by atoms with Crippen molar-refractivity contribution >= 4 is 5.69 Å². The minimum atomic E-state index is 0.654. The Kier molecular flexibility index (Phi) is 2.72. The zero-order chi connectivity index (χ0) is 11.0. The average molecular weight is 207 g/mol. The second-order valence-corrected chi connectivity index (χ2v) is 4.93. The van der Waals surface area contributed by atoms with Crippen LogP contribution in [0.15, 0.2) is 0 Å². The van der Waals surface area contributed by atoms with Gasteiger partial charge in [-0.25, -0.2) is 0 Å². The SMILES string of the molecule is Cc1nn(C)c(C)c1NC1CCC(C)C1.